The highest BCUT2D eigenvalue weighted by molar-refractivity contribution is 7.09. The number of hydrazine groups is 1. The predicted molar refractivity (Wildman–Crippen MR) is 82.7 cm³/mol. The number of thiazole rings is 1. The highest BCUT2D eigenvalue weighted by Gasteiger charge is 2.21. The van der Waals surface area contributed by atoms with Gasteiger partial charge in [-0.25, -0.2) is 4.98 Å². The molecule has 0 saturated heterocycles. The molecule has 1 unspecified atom stereocenters. The van der Waals surface area contributed by atoms with Crippen molar-refractivity contribution >= 4 is 11.3 Å². The Hall–Kier alpha value is -1.17. The number of furan rings is 1. The molecule has 0 aliphatic heterocycles. The van der Waals surface area contributed by atoms with Gasteiger partial charge in [-0.1, -0.05) is 27.7 Å². The largest absolute Gasteiger partial charge is 0.469 e. The Bertz CT molecular complexity index is 553. The Morgan fingerprint density at radius 3 is 2.75 bits per heavy atom. The van der Waals surface area contributed by atoms with Crippen LogP contribution in [0.25, 0.3) is 0 Å². The maximum absolute atomic E-state index is 5.71. The third-order valence-corrected chi connectivity index (χ3v) is 4.25. The molecule has 20 heavy (non-hydrogen) atoms. The van der Waals surface area contributed by atoms with Crippen molar-refractivity contribution in [2.75, 3.05) is 0 Å². The number of hydrogen-bond donors (Lipinski definition) is 2. The molecule has 4 nitrogen and oxygen atoms in total. The van der Waals surface area contributed by atoms with E-state index in [4.69, 9.17) is 15.2 Å². The molecule has 0 fully saturated rings. The van der Waals surface area contributed by atoms with Gasteiger partial charge >= 0.3 is 0 Å². The van der Waals surface area contributed by atoms with Crippen molar-refractivity contribution in [3.05, 3.63) is 39.7 Å². The molecule has 5 heteroatoms. The Kier molecular flexibility index (Phi) is 4.62. The first kappa shape index (κ1) is 15.2. The molecular formula is C15H23N3OS. The van der Waals surface area contributed by atoms with Gasteiger partial charge < -0.3 is 4.42 Å². The van der Waals surface area contributed by atoms with Crippen LogP contribution in [0.4, 0.5) is 0 Å². The lowest BCUT2D eigenvalue weighted by Crippen LogP contribution is -2.30. The molecule has 2 heterocycles. The van der Waals surface area contributed by atoms with Crippen LogP contribution in [0, 0.1) is 0 Å². The molecule has 2 rings (SSSR count). The fraction of sp³-hybridized carbons (Fsp3) is 0.533. The van der Waals surface area contributed by atoms with Crippen molar-refractivity contribution < 1.29 is 4.42 Å². The number of aryl methyl sites for hydroxylation is 1. The van der Waals surface area contributed by atoms with Crippen molar-refractivity contribution in [2.24, 2.45) is 5.84 Å². The lowest BCUT2D eigenvalue weighted by Gasteiger charge is -2.16. The topological polar surface area (TPSA) is 64.1 Å². The molecule has 3 N–H and O–H groups in total. The van der Waals surface area contributed by atoms with Gasteiger partial charge in [-0.2, -0.15) is 0 Å². The quantitative estimate of drug-likeness (QED) is 0.655. The smallest absolute Gasteiger partial charge is 0.108 e. The third-order valence-electron chi connectivity index (χ3n) is 3.38. The van der Waals surface area contributed by atoms with E-state index in [1.54, 1.807) is 17.6 Å². The first-order chi connectivity index (χ1) is 9.45. The van der Waals surface area contributed by atoms with Crippen molar-refractivity contribution in [3.63, 3.8) is 0 Å². The summed E-state index contributed by atoms with van der Waals surface area (Å²) in [6.07, 6.45) is 3.37. The van der Waals surface area contributed by atoms with Gasteiger partial charge in [-0.15, -0.1) is 11.3 Å². The number of rotatable bonds is 5. The second-order valence-corrected chi connectivity index (χ2v) is 6.90. The maximum atomic E-state index is 5.71. The highest BCUT2D eigenvalue weighted by atomic mass is 32.1. The Balaban J connectivity index is 2.17. The predicted octanol–water partition coefficient (Wildman–Crippen LogP) is 3.34. The van der Waals surface area contributed by atoms with Gasteiger partial charge in [0.05, 0.1) is 23.0 Å². The number of nitrogens with one attached hydrogen (secondary N) is 1. The molecule has 110 valence electrons. The molecule has 0 aliphatic carbocycles. The van der Waals surface area contributed by atoms with Crippen LogP contribution in [0.2, 0.25) is 0 Å². The normalized spacial score (nSPS) is 13.7. The van der Waals surface area contributed by atoms with Gasteiger partial charge in [-0.3, -0.25) is 11.3 Å². The minimum absolute atomic E-state index is 0.0441. The molecule has 2 aromatic rings. The van der Waals surface area contributed by atoms with Gasteiger partial charge in [0.25, 0.3) is 0 Å². The zero-order chi connectivity index (χ0) is 14.8. The minimum Gasteiger partial charge on any atom is -0.469 e. The summed E-state index contributed by atoms with van der Waals surface area (Å²) in [6, 6.07) is 2.03. The summed E-state index contributed by atoms with van der Waals surface area (Å²) in [5.74, 6) is 6.70. The fourth-order valence-electron chi connectivity index (χ4n) is 2.13. The first-order valence-electron chi connectivity index (χ1n) is 6.93. The zero-order valence-corrected chi connectivity index (χ0v) is 13.4. The molecule has 0 radical (unpaired) electrons. The van der Waals surface area contributed by atoms with Crippen LogP contribution in [-0.2, 0) is 18.3 Å². The van der Waals surface area contributed by atoms with E-state index in [0.29, 0.717) is 0 Å². The van der Waals surface area contributed by atoms with E-state index < -0.39 is 0 Å². The monoisotopic (exact) mass is 293 g/mol. The minimum atomic E-state index is 0.0441. The Morgan fingerprint density at radius 2 is 2.20 bits per heavy atom. The van der Waals surface area contributed by atoms with Gasteiger partial charge in [0.15, 0.2) is 0 Å². The first-order valence-corrected chi connectivity index (χ1v) is 7.81. The van der Waals surface area contributed by atoms with Crippen LogP contribution < -0.4 is 11.3 Å². The molecule has 0 spiro atoms. The van der Waals surface area contributed by atoms with E-state index >= 15 is 0 Å². The molecule has 0 aliphatic rings. The van der Waals surface area contributed by atoms with Crippen molar-refractivity contribution in [3.8, 4) is 0 Å². The number of nitrogens with zero attached hydrogens (tertiary/aromatic N) is 1. The summed E-state index contributed by atoms with van der Waals surface area (Å²) in [5.41, 5.74) is 5.23. The van der Waals surface area contributed by atoms with Gasteiger partial charge in [-0.05, 0) is 6.07 Å². The van der Waals surface area contributed by atoms with E-state index in [9.17, 15) is 0 Å². The third kappa shape index (κ3) is 3.29. The average Bonchev–Trinajstić information content (AvgIpc) is 3.03. The molecule has 1 atom stereocenters. The zero-order valence-electron chi connectivity index (χ0n) is 12.6. The Morgan fingerprint density at radius 1 is 1.45 bits per heavy atom. The van der Waals surface area contributed by atoms with E-state index in [-0.39, 0.29) is 11.5 Å². The van der Waals surface area contributed by atoms with Gasteiger partial charge in [0.1, 0.15) is 5.76 Å². The van der Waals surface area contributed by atoms with Crippen LogP contribution in [0.3, 0.4) is 0 Å². The van der Waals surface area contributed by atoms with Crippen LogP contribution in [0.1, 0.15) is 55.8 Å². The summed E-state index contributed by atoms with van der Waals surface area (Å²) in [6.45, 7) is 8.61. The molecule has 0 bridgehead atoms. The molecular weight excluding hydrogens is 270 g/mol. The number of aromatic nitrogens is 1. The second kappa shape index (κ2) is 6.08. The van der Waals surface area contributed by atoms with Crippen LogP contribution in [0.15, 0.2) is 22.1 Å². The molecule has 0 saturated carbocycles. The van der Waals surface area contributed by atoms with Crippen molar-refractivity contribution in [1.82, 2.24) is 10.4 Å². The fourth-order valence-corrected chi connectivity index (χ4v) is 3.20. The van der Waals surface area contributed by atoms with Gasteiger partial charge in [0.2, 0.25) is 0 Å². The van der Waals surface area contributed by atoms with Crippen molar-refractivity contribution in [2.45, 2.75) is 52.0 Å². The summed E-state index contributed by atoms with van der Waals surface area (Å²) in [7, 11) is 0. The van der Waals surface area contributed by atoms with E-state index in [0.717, 1.165) is 34.9 Å². The van der Waals surface area contributed by atoms with Crippen LogP contribution >= 0.6 is 11.3 Å². The lowest BCUT2D eigenvalue weighted by molar-refractivity contribution is 0.486. The average molecular weight is 293 g/mol. The summed E-state index contributed by atoms with van der Waals surface area (Å²) < 4.78 is 5.48. The van der Waals surface area contributed by atoms with Crippen molar-refractivity contribution in [1.29, 1.82) is 0 Å². The molecule has 2 aromatic heterocycles. The second-order valence-electron chi connectivity index (χ2n) is 5.95. The van der Waals surface area contributed by atoms with Crippen LogP contribution in [-0.4, -0.2) is 4.98 Å². The Labute approximate surface area is 124 Å². The summed E-state index contributed by atoms with van der Waals surface area (Å²) in [5, 5.41) is 3.24. The SMILES string of the molecule is CCc1occc1C(Cc1nc(C(C)(C)C)cs1)NN. The standard InChI is InChI=1S/C15H23N3OS/c1-5-12-10(6-7-19-12)11(18-16)8-14-17-13(9-20-14)15(2,3)4/h6-7,9,11,18H,5,8,16H2,1-4H3. The molecule has 0 aromatic carbocycles. The summed E-state index contributed by atoms with van der Waals surface area (Å²) >= 11 is 1.69. The van der Waals surface area contributed by atoms with E-state index in [2.05, 4.69) is 38.5 Å². The van der Waals surface area contributed by atoms with Gasteiger partial charge in [0, 0.05) is 29.2 Å². The number of hydrogen-bond acceptors (Lipinski definition) is 5. The summed E-state index contributed by atoms with van der Waals surface area (Å²) in [4.78, 5) is 4.73. The number of nitrogens with two attached hydrogens (primary N) is 1. The highest BCUT2D eigenvalue weighted by Crippen LogP contribution is 2.28. The van der Waals surface area contributed by atoms with E-state index in [1.807, 2.05) is 6.07 Å². The van der Waals surface area contributed by atoms with E-state index in [1.165, 1.54) is 0 Å². The maximum Gasteiger partial charge on any atom is 0.108 e. The van der Waals surface area contributed by atoms with Crippen LogP contribution in [0.5, 0.6) is 0 Å². The lowest BCUT2D eigenvalue weighted by atomic mass is 9.93. The molecule has 0 amide bonds.